The number of β-amino-alcohol motifs (C(OH)–C–C–N with tert-alkyl or cyclic N) is 1. The summed E-state index contributed by atoms with van der Waals surface area (Å²) in [5.74, 6) is -0.667. The van der Waals surface area contributed by atoms with Gasteiger partial charge in [-0.2, -0.15) is 0 Å². The summed E-state index contributed by atoms with van der Waals surface area (Å²) >= 11 is 0. The van der Waals surface area contributed by atoms with Crippen molar-refractivity contribution in [3.8, 4) is 0 Å². The third-order valence-corrected chi connectivity index (χ3v) is 4.26. The Hall–Kier alpha value is -0.610. The van der Waals surface area contributed by atoms with Gasteiger partial charge in [0.2, 0.25) is 0 Å². The molecule has 17 heavy (non-hydrogen) atoms. The molecule has 2 N–H and O–H groups in total. The number of carboxylic acids is 1. The first-order chi connectivity index (χ1) is 7.70. The molecule has 100 valence electrons. The fourth-order valence-electron chi connectivity index (χ4n) is 2.24. The zero-order valence-electron chi connectivity index (χ0n) is 11.4. The maximum atomic E-state index is 11.4. The normalized spacial score (nSPS) is 30.2. The average molecular weight is 243 g/mol. The van der Waals surface area contributed by atoms with Crippen molar-refractivity contribution in [2.45, 2.75) is 58.1 Å². The van der Waals surface area contributed by atoms with Crippen LogP contribution in [0.25, 0.3) is 0 Å². The van der Waals surface area contributed by atoms with Gasteiger partial charge in [-0.3, -0.25) is 9.69 Å². The monoisotopic (exact) mass is 243 g/mol. The molecule has 0 aromatic heterocycles. The van der Waals surface area contributed by atoms with Gasteiger partial charge in [0.15, 0.2) is 0 Å². The Morgan fingerprint density at radius 1 is 1.47 bits per heavy atom. The minimum atomic E-state index is -0.839. The van der Waals surface area contributed by atoms with Crippen molar-refractivity contribution in [1.29, 1.82) is 0 Å². The van der Waals surface area contributed by atoms with Crippen molar-refractivity contribution < 1.29 is 15.0 Å². The van der Waals surface area contributed by atoms with Crippen LogP contribution in [0, 0.1) is 5.92 Å². The molecule has 0 aromatic carbocycles. The molecule has 0 bridgehead atoms. The van der Waals surface area contributed by atoms with Crippen molar-refractivity contribution in [3.63, 3.8) is 0 Å². The molecule has 1 fully saturated rings. The third-order valence-electron chi connectivity index (χ3n) is 4.26. The van der Waals surface area contributed by atoms with Crippen LogP contribution in [-0.4, -0.2) is 45.3 Å². The molecule has 0 aliphatic carbocycles. The fourth-order valence-corrected chi connectivity index (χ4v) is 2.24. The second-order valence-electron chi connectivity index (χ2n) is 5.97. The Morgan fingerprint density at radius 2 is 2.06 bits per heavy atom. The summed E-state index contributed by atoms with van der Waals surface area (Å²) in [4.78, 5) is 13.3. The van der Waals surface area contributed by atoms with E-state index in [0.29, 0.717) is 13.0 Å². The van der Waals surface area contributed by atoms with Gasteiger partial charge in [-0.25, -0.2) is 0 Å². The first-order valence-electron chi connectivity index (χ1n) is 6.41. The Balaban J connectivity index is 2.83. The number of hydrogen-bond donors (Lipinski definition) is 2. The van der Waals surface area contributed by atoms with Crippen molar-refractivity contribution in [2.24, 2.45) is 5.92 Å². The summed E-state index contributed by atoms with van der Waals surface area (Å²) in [6, 6.07) is 0. The predicted molar refractivity (Wildman–Crippen MR) is 66.9 cm³/mol. The number of hydrogen-bond acceptors (Lipinski definition) is 3. The highest BCUT2D eigenvalue weighted by atomic mass is 16.4. The molecule has 1 rings (SSSR count). The van der Waals surface area contributed by atoms with E-state index in [1.165, 1.54) is 0 Å². The highest BCUT2D eigenvalue weighted by Gasteiger charge is 2.44. The highest BCUT2D eigenvalue weighted by molar-refractivity contribution is 5.78. The quantitative estimate of drug-likeness (QED) is 0.789. The van der Waals surface area contributed by atoms with Crippen LogP contribution in [0.5, 0.6) is 0 Å². The van der Waals surface area contributed by atoms with E-state index in [0.717, 1.165) is 19.4 Å². The molecule has 1 heterocycles. The molecule has 0 saturated carbocycles. The minimum Gasteiger partial charge on any atom is -0.480 e. The summed E-state index contributed by atoms with van der Waals surface area (Å²) in [7, 11) is 0. The molecule has 1 aliphatic heterocycles. The third kappa shape index (κ3) is 2.99. The topological polar surface area (TPSA) is 60.8 Å². The van der Waals surface area contributed by atoms with Crippen LogP contribution in [0.1, 0.15) is 47.0 Å². The zero-order valence-corrected chi connectivity index (χ0v) is 11.4. The van der Waals surface area contributed by atoms with Crippen LogP contribution >= 0.6 is 0 Å². The molecular formula is C13H25NO3. The van der Waals surface area contributed by atoms with Crippen molar-refractivity contribution in [3.05, 3.63) is 0 Å². The van der Waals surface area contributed by atoms with E-state index >= 15 is 0 Å². The van der Waals surface area contributed by atoms with Crippen molar-refractivity contribution >= 4 is 5.97 Å². The fraction of sp³-hybridized carbons (Fsp3) is 0.923. The molecule has 2 atom stereocenters. The van der Waals surface area contributed by atoms with Gasteiger partial charge >= 0.3 is 5.97 Å². The molecule has 1 aliphatic rings. The van der Waals surface area contributed by atoms with E-state index in [2.05, 4.69) is 0 Å². The Bertz CT molecular complexity index is 288. The number of piperidine rings is 1. The molecule has 4 heteroatoms. The number of rotatable bonds is 4. The van der Waals surface area contributed by atoms with E-state index < -0.39 is 17.1 Å². The zero-order chi connectivity index (χ0) is 13.3. The lowest BCUT2D eigenvalue weighted by Gasteiger charge is -2.45. The van der Waals surface area contributed by atoms with Crippen LogP contribution in [0.15, 0.2) is 0 Å². The second kappa shape index (κ2) is 4.94. The Kier molecular flexibility index (Phi) is 4.20. The van der Waals surface area contributed by atoms with Gasteiger partial charge in [0, 0.05) is 6.54 Å². The smallest absolute Gasteiger partial charge is 0.323 e. The molecular weight excluding hydrogens is 218 g/mol. The molecule has 4 nitrogen and oxygen atoms in total. The molecule has 0 spiro atoms. The van der Waals surface area contributed by atoms with Crippen LogP contribution < -0.4 is 0 Å². The maximum absolute atomic E-state index is 11.4. The maximum Gasteiger partial charge on any atom is 0.323 e. The highest BCUT2D eigenvalue weighted by Crippen LogP contribution is 2.31. The van der Waals surface area contributed by atoms with Crippen molar-refractivity contribution in [1.82, 2.24) is 4.90 Å². The minimum absolute atomic E-state index is 0.113. The second-order valence-corrected chi connectivity index (χ2v) is 5.97. The summed E-state index contributed by atoms with van der Waals surface area (Å²) < 4.78 is 0. The summed E-state index contributed by atoms with van der Waals surface area (Å²) in [6.45, 7) is 8.66. The van der Waals surface area contributed by atoms with E-state index in [9.17, 15) is 15.0 Å². The van der Waals surface area contributed by atoms with Gasteiger partial charge in [0.1, 0.15) is 5.54 Å². The van der Waals surface area contributed by atoms with Crippen LogP contribution in [-0.2, 0) is 4.79 Å². The Labute approximate surface area is 104 Å². The number of likely N-dealkylation sites (tertiary alicyclic amines) is 1. The largest absolute Gasteiger partial charge is 0.480 e. The lowest BCUT2D eigenvalue weighted by molar-refractivity contribution is -0.156. The molecule has 2 unspecified atom stereocenters. The lowest BCUT2D eigenvalue weighted by atomic mass is 9.84. The lowest BCUT2D eigenvalue weighted by Crippen LogP contribution is -2.59. The average Bonchev–Trinajstić information content (AvgIpc) is 2.20. The van der Waals surface area contributed by atoms with Crippen LogP contribution in [0.2, 0.25) is 0 Å². The molecule has 0 amide bonds. The van der Waals surface area contributed by atoms with Crippen molar-refractivity contribution in [2.75, 3.05) is 13.1 Å². The standard InChI is InChI=1S/C13H25NO3/c1-10(2)13(4,17)9-14-8-6-5-7-12(14,3)11(15)16/h10,17H,5-9H2,1-4H3,(H,15,16). The van der Waals surface area contributed by atoms with E-state index in [4.69, 9.17) is 0 Å². The first-order valence-corrected chi connectivity index (χ1v) is 6.41. The van der Waals surface area contributed by atoms with Gasteiger partial charge in [0.25, 0.3) is 0 Å². The van der Waals surface area contributed by atoms with Gasteiger partial charge in [0.05, 0.1) is 5.60 Å². The molecule has 0 radical (unpaired) electrons. The Morgan fingerprint density at radius 3 is 2.53 bits per heavy atom. The number of aliphatic carboxylic acids is 1. The molecule has 0 aromatic rings. The van der Waals surface area contributed by atoms with E-state index in [-0.39, 0.29) is 5.92 Å². The van der Waals surface area contributed by atoms with E-state index in [1.54, 1.807) is 13.8 Å². The van der Waals surface area contributed by atoms with E-state index in [1.807, 2.05) is 18.7 Å². The van der Waals surface area contributed by atoms with Gasteiger partial charge in [-0.05, 0) is 45.6 Å². The number of carbonyl (C=O) groups is 1. The summed E-state index contributed by atoms with van der Waals surface area (Å²) in [5.41, 5.74) is -1.66. The number of nitrogens with zero attached hydrogens (tertiary/aromatic N) is 1. The summed E-state index contributed by atoms with van der Waals surface area (Å²) in [5, 5.41) is 19.7. The van der Waals surface area contributed by atoms with Gasteiger partial charge in [-0.15, -0.1) is 0 Å². The predicted octanol–water partition coefficient (Wildman–Crippen LogP) is 1.72. The first kappa shape index (κ1) is 14.5. The van der Waals surface area contributed by atoms with Crippen LogP contribution in [0.3, 0.4) is 0 Å². The SMILES string of the molecule is CC(C)C(C)(O)CN1CCCCC1(C)C(=O)O. The number of aliphatic hydroxyl groups is 1. The van der Waals surface area contributed by atoms with Gasteiger partial charge in [-0.1, -0.05) is 13.8 Å². The summed E-state index contributed by atoms with van der Waals surface area (Å²) in [6.07, 6.45) is 2.62. The number of carboxylic acid groups (broad SMARTS) is 1. The van der Waals surface area contributed by atoms with Crippen LogP contribution in [0.4, 0.5) is 0 Å². The van der Waals surface area contributed by atoms with Gasteiger partial charge < -0.3 is 10.2 Å². The molecule has 1 saturated heterocycles.